The zero-order valence-corrected chi connectivity index (χ0v) is 13.6. The molecule has 24 heavy (non-hydrogen) atoms. The van der Waals surface area contributed by atoms with Crippen LogP contribution in [0.1, 0.15) is 24.8 Å². The molecule has 1 saturated heterocycles. The minimum atomic E-state index is -0.0529. The minimum absolute atomic E-state index is 0.0107. The van der Waals surface area contributed by atoms with Crippen molar-refractivity contribution < 1.29 is 14.3 Å². The molecule has 2 aliphatic heterocycles. The molecular weight excluding hydrogens is 308 g/mol. The highest BCUT2D eigenvalue weighted by Crippen LogP contribution is 2.14. The standard InChI is InChI=1S/C17H22N4O3/c22-16(7-8-21-9-11-24-12-10-21)18-14-3-1-13(2-4-14)15-5-6-17(23)20-19-15/h1-4H,5-12H2,(H,18,22)(H,20,23). The van der Waals surface area contributed by atoms with Gasteiger partial charge in [-0.25, -0.2) is 5.43 Å². The van der Waals surface area contributed by atoms with Gasteiger partial charge in [0.25, 0.3) is 0 Å². The SMILES string of the molecule is O=C1CCC(c2ccc(NC(=O)CCN3CCOCC3)cc2)=NN1. The smallest absolute Gasteiger partial charge is 0.240 e. The topological polar surface area (TPSA) is 83.0 Å². The van der Waals surface area contributed by atoms with Gasteiger partial charge in [-0.15, -0.1) is 0 Å². The van der Waals surface area contributed by atoms with Crippen LogP contribution in [0.2, 0.25) is 0 Å². The molecule has 2 N–H and O–H groups in total. The molecule has 1 aromatic rings. The number of morpholine rings is 1. The fourth-order valence-corrected chi connectivity index (χ4v) is 2.74. The molecule has 0 radical (unpaired) electrons. The Morgan fingerprint density at radius 2 is 1.96 bits per heavy atom. The number of hydrazone groups is 1. The van der Waals surface area contributed by atoms with Gasteiger partial charge in [0.2, 0.25) is 11.8 Å². The van der Waals surface area contributed by atoms with Crippen molar-refractivity contribution >= 4 is 23.2 Å². The second kappa shape index (κ2) is 8.03. The average molecular weight is 330 g/mol. The largest absolute Gasteiger partial charge is 0.379 e. The van der Waals surface area contributed by atoms with Gasteiger partial charge in [0.05, 0.1) is 18.9 Å². The van der Waals surface area contributed by atoms with Crippen LogP contribution in [0, 0.1) is 0 Å². The predicted octanol–water partition coefficient (Wildman–Crippen LogP) is 0.961. The lowest BCUT2D eigenvalue weighted by atomic mass is 10.0. The van der Waals surface area contributed by atoms with Crippen molar-refractivity contribution in [3.05, 3.63) is 29.8 Å². The molecule has 2 heterocycles. The Labute approximate surface area is 141 Å². The lowest BCUT2D eigenvalue weighted by Gasteiger charge is -2.26. The van der Waals surface area contributed by atoms with Crippen LogP contribution in [0.25, 0.3) is 0 Å². The molecule has 0 atom stereocenters. The summed E-state index contributed by atoms with van der Waals surface area (Å²) in [4.78, 5) is 25.4. The summed E-state index contributed by atoms with van der Waals surface area (Å²) in [5, 5.41) is 6.98. The molecule has 1 aromatic carbocycles. The van der Waals surface area contributed by atoms with Gasteiger partial charge in [-0.05, 0) is 17.7 Å². The molecule has 0 bridgehead atoms. The monoisotopic (exact) mass is 330 g/mol. The summed E-state index contributed by atoms with van der Waals surface area (Å²) in [6, 6.07) is 7.55. The number of carbonyl (C=O) groups is 2. The number of hydrogen-bond acceptors (Lipinski definition) is 5. The number of nitrogens with one attached hydrogen (secondary N) is 2. The van der Waals surface area contributed by atoms with Gasteiger partial charge in [0.15, 0.2) is 0 Å². The van der Waals surface area contributed by atoms with Crippen LogP contribution in [0.15, 0.2) is 29.4 Å². The molecule has 0 unspecified atom stereocenters. The second-order valence-electron chi connectivity index (χ2n) is 5.92. The van der Waals surface area contributed by atoms with E-state index in [1.165, 1.54) is 0 Å². The lowest BCUT2D eigenvalue weighted by Crippen LogP contribution is -2.38. The highest BCUT2D eigenvalue weighted by molar-refractivity contribution is 6.04. The highest BCUT2D eigenvalue weighted by atomic mass is 16.5. The molecule has 7 nitrogen and oxygen atoms in total. The zero-order chi connectivity index (χ0) is 16.8. The van der Waals surface area contributed by atoms with Crippen molar-refractivity contribution in [3.8, 4) is 0 Å². The van der Waals surface area contributed by atoms with Crippen molar-refractivity contribution in [1.82, 2.24) is 10.3 Å². The molecule has 0 aliphatic carbocycles. The van der Waals surface area contributed by atoms with Crippen LogP contribution in [0.5, 0.6) is 0 Å². The van der Waals surface area contributed by atoms with Crippen LogP contribution in [0.4, 0.5) is 5.69 Å². The van der Waals surface area contributed by atoms with E-state index in [0.29, 0.717) is 19.3 Å². The molecule has 0 spiro atoms. The second-order valence-corrected chi connectivity index (χ2v) is 5.92. The molecule has 0 saturated carbocycles. The van der Waals surface area contributed by atoms with E-state index in [4.69, 9.17) is 4.74 Å². The summed E-state index contributed by atoms with van der Waals surface area (Å²) >= 11 is 0. The van der Waals surface area contributed by atoms with Crippen molar-refractivity contribution in [2.75, 3.05) is 38.2 Å². The van der Waals surface area contributed by atoms with E-state index >= 15 is 0 Å². The summed E-state index contributed by atoms with van der Waals surface area (Å²) in [7, 11) is 0. The molecule has 1 fully saturated rings. The maximum Gasteiger partial charge on any atom is 0.240 e. The average Bonchev–Trinajstić information content (AvgIpc) is 2.62. The molecule has 3 rings (SSSR count). The first-order chi connectivity index (χ1) is 11.7. The van der Waals surface area contributed by atoms with Gasteiger partial charge in [-0.3, -0.25) is 14.5 Å². The Balaban J connectivity index is 1.48. The first kappa shape index (κ1) is 16.6. The van der Waals surface area contributed by atoms with Crippen LogP contribution in [-0.4, -0.2) is 55.3 Å². The van der Waals surface area contributed by atoms with Crippen molar-refractivity contribution in [2.24, 2.45) is 5.10 Å². The fourth-order valence-electron chi connectivity index (χ4n) is 2.74. The third-order valence-corrected chi connectivity index (χ3v) is 4.17. The lowest BCUT2D eigenvalue weighted by molar-refractivity contribution is -0.121. The predicted molar refractivity (Wildman–Crippen MR) is 90.9 cm³/mol. The van der Waals surface area contributed by atoms with Gasteiger partial charge in [0, 0.05) is 44.6 Å². The molecular formula is C17H22N4O3. The number of nitrogens with zero attached hydrogens (tertiary/aromatic N) is 2. The Morgan fingerprint density at radius 3 is 2.62 bits per heavy atom. The van der Waals surface area contributed by atoms with E-state index in [0.717, 1.165) is 49.8 Å². The zero-order valence-electron chi connectivity index (χ0n) is 13.6. The summed E-state index contributed by atoms with van der Waals surface area (Å²) in [6.45, 7) is 4.02. The van der Waals surface area contributed by atoms with E-state index in [-0.39, 0.29) is 11.8 Å². The summed E-state index contributed by atoms with van der Waals surface area (Å²) in [5.74, 6) is -0.0422. The number of rotatable bonds is 5. The van der Waals surface area contributed by atoms with E-state index in [1.807, 2.05) is 24.3 Å². The van der Waals surface area contributed by atoms with Crippen molar-refractivity contribution in [2.45, 2.75) is 19.3 Å². The van der Waals surface area contributed by atoms with Crippen LogP contribution in [0.3, 0.4) is 0 Å². The van der Waals surface area contributed by atoms with E-state index < -0.39 is 0 Å². The maximum atomic E-state index is 12.0. The third kappa shape index (κ3) is 4.62. The van der Waals surface area contributed by atoms with Crippen molar-refractivity contribution in [3.63, 3.8) is 0 Å². The van der Waals surface area contributed by atoms with Crippen LogP contribution >= 0.6 is 0 Å². The summed E-state index contributed by atoms with van der Waals surface area (Å²) in [5.41, 5.74) is 5.08. The van der Waals surface area contributed by atoms with Crippen LogP contribution in [-0.2, 0) is 14.3 Å². The third-order valence-electron chi connectivity index (χ3n) is 4.17. The first-order valence-corrected chi connectivity index (χ1v) is 8.26. The van der Waals surface area contributed by atoms with E-state index in [2.05, 4.69) is 20.7 Å². The molecule has 128 valence electrons. The maximum absolute atomic E-state index is 12.0. The minimum Gasteiger partial charge on any atom is -0.379 e. The van der Waals surface area contributed by atoms with Gasteiger partial charge < -0.3 is 10.1 Å². The Hall–Kier alpha value is -2.25. The molecule has 0 aromatic heterocycles. The van der Waals surface area contributed by atoms with Crippen molar-refractivity contribution in [1.29, 1.82) is 0 Å². The number of amides is 2. The van der Waals surface area contributed by atoms with Gasteiger partial charge >= 0.3 is 0 Å². The Bertz CT molecular complexity index is 621. The summed E-state index contributed by atoms with van der Waals surface area (Å²) in [6.07, 6.45) is 1.57. The normalized spacial score (nSPS) is 18.7. The Morgan fingerprint density at radius 1 is 1.21 bits per heavy atom. The highest BCUT2D eigenvalue weighted by Gasteiger charge is 2.14. The first-order valence-electron chi connectivity index (χ1n) is 8.26. The number of ether oxygens (including phenoxy) is 1. The number of benzene rings is 1. The van der Waals surface area contributed by atoms with E-state index in [9.17, 15) is 9.59 Å². The number of hydrogen-bond donors (Lipinski definition) is 2. The molecule has 2 aliphatic rings. The molecule has 2 amide bonds. The van der Waals surface area contributed by atoms with Gasteiger partial charge in [-0.2, -0.15) is 5.10 Å². The van der Waals surface area contributed by atoms with Gasteiger partial charge in [0.1, 0.15) is 0 Å². The van der Waals surface area contributed by atoms with Gasteiger partial charge in [-0.1, -0.05) is 12.1 Å². The number of anilines is 1. The fraction of sp³-hybridized carbons (Fsp3) is 0.471. The Kier molecular flexibility index (Phi) is 5.55. The van der Waals surface area contributed by atoms with E-state index in [1.54, 1.807) is 0 Å². The summed E-state index contributed by atoms with van der Waals surface area (Å²) < 4.78 is 5.29. The van der Waals surface area contributed by atoms with Crippen LogP contribution < -0.4 is 10.7 Å². The number of carbonyl (C=O) groups excluding carboxylic acids is 2. The quantitative estimate of drug-likeness (QED) is 0.842. The molecule has 7 heteroatoms.